The van der Waals surface area contributed by atoms with Crippen LogP contribution in [-0.4, -0.2) is 27.0 Å². The van der Waals surface area contributed by atoms with Crippen LogP contribution in [0.1, 0.15) is 43.8 Å². The molecule has 3 N–H and O–H groups in total. The predicted molar refractivity (Wildman–Crippen MR) is 81.6 cm³/mol. The fraction of sp³-hybridized carbons (Fsp3) is 0.471. The van der Waals surface area contributed by atoms with Gasteiger partial charge in [-0.05, 0) is 37.8 Å². The Kier molecular flexibility index (Phi) is 3.14. The summed E-state index contributed by atoms with van der Waals surface area (Å²) in [5, 5.41) is 31.5. The maximum absolute atomic E-state index is 11.6. The standard InChI is InChI=1S/C17H18O6/c18-10-8-12(19)22-15-9(10)4-5-11-13(15)14(20)16(21)17(23-11)6-2-1-3-7-17/h4-5,8,14,16,18,20-21H,1-3,6-7H2/t14-,16-/m1/s1. The number of hydrogen-bond acceptors (Lipinski definition) is 6. The summed E-state index contributed by atoms with van der Waals surface area (Å²) < 4.78 is 11.2. The highest BCUT2D eigenvalue weighted by atomic mass is 16.5. The molecule has 1 aliphatic carbocycles. The molecule has 0 saturated heterocycles. The summed E-state index contributed by atoms with van der Waals surface area (Å²) in [6.07, 6.45) is 1.96. The number of aromatic hydroxyl groups is 1. The molecule has 0 unspecified atom stereocenters. The Morgan fingerprint density at radius 1 is 1.13 bits per heavy atom. The van der Waals surface area contributed by atoms with Gasteiger partial charge in [-0.3, -0.25) is 0 Å². The fourth-order valence-corrected chi connectivity index (χ4v) is 3.85. The number of fused-ring (bicyclic) bond motifs is 3. The van der Waals surface area contributed by atoms with Crippen LogP contribution in [0.25, 0.3) is 11.0 Å². The second kappa shape index (κ2) is 4.97. The minimum absolute atomic E-state index is 0.0599. The van der Waals surface area contributed by atoms with Crippen molar-refractivity contribution in [2.75, 3.05) is 0 Å². The van der Waals surface area contributed by atoms with E-state index < -0.39 is 23.4 Å². The minimum atomic E-state index is -1.23. The van der Waals surface area contributed by atoms with E-state index in [-0.39, 0.29) is 16.9 Å². The van der Waals surface area contributed by atoms with Crippen molar-refractivity contribution in [3.63, 3.8) is 0 Å². The van der Waals surface area contributed by atoms with E-state index in [1.807, 2.05) is 0 Å². The number of rotatable bonds is 0. The second-order valence-electron chi connectivity index (χ2n) is 6.42. The number of aliphatic hydroxyl groups is 2. The van der Waals surface area contributed by atoms with Gasteiger partial charge in [0.25, 0.3) is 0 Å². The smallest absolute Gasteiger partial charge is 0.339 e. The lowest BCUT2D eigenvalue weighted by molar-refractivity contribution is -0.143. The highest BCUT2D eigenvalue weighted by Gasteiger charge is 2.50. The van der Waals surface area contributed by atoms with Crippen LogP contribution in [0.15, 0.2) is 27.4 Å². The molecule has 1 aliphatic heterocycles. The van der Waals surface area contributed by atoms with E-state index in [2.05, 4.69) is 0 Å². The van der Waals surface area contributed by atoms with Crippen molar-refractivity contribution >= 4 is 11.0 Å². The van der Waals surface area contributed by atoms with Gasteiger partial charge in [-0.15, -0.1) is 0 Å². The van der Waals surface area contributed by atoms with Gasteiger partial charge in [-0.2, -0.15) is 0 Å². The van der Waals surface area contributed by atoms with Crippen LogP contribution in [0.3, 0.4) is 0 Å². The quantitative estimate of drug-likeness (QED) is 0.642. The molecule has 1 aromatic carbocycles. The molecule has 0 bridgehead atoms. The zero-order valence-electron chi connectivity index (χ0n) is 12.5. The van der Waals surface area contributed by atoms with Gasteiger partial charge >= 0.3 is 5.63 Å². The lowest BCUT2D eigenvalue weighted by atomic mass is 9.75. The summed E-state index contributed by atoms with van der Waals surface area (Å²) in [6.45, 7) is 0. The van der Waals surface area contributed by atoms with Crippen molar-refractivity contribution < 1.29 is 24.5 Å². The van der Waals surface area contributed by atoms with Crippen molar-refractivity contribution in [2.24, 2.45) is 0 Å². The third-order valence-electron chi connectivity index (χ3n) is 5.04. The van der Waals surface area contributed by atoms with Crippen molar-refractivity contribution in [3.8, 4) is 11.5 Å². The Balaban J connectivity index is 1.93. The Bertz CT molecular complexity index is 818. The molecule has 6 heteroatoms. The second-order valence-corrected chi connectivity index (χ2v) is 6.42. The van der Waals surface area contributed by atoms with Gasteiger partial charge in [0.05, 0.1) is 17.0 Å². The molecule has 2 atom stereocenters. The number of aliphatic hydroxyl groups excluding tert-OH is 2. The molecule has 1 spiro atoms. The first kappa shape index (κ1) is 14.5. The molecule has 6 nitrogen and oxygen atoms in total. The Hall–Kier alpha value is -2.05. The first-order valence-corrected chi connectivity index (χ1v) is 7.87. The summed E-state index contributed by atoms with van der Waals surface area (Å²) in [6, 6.07) is 4.21. The average Bonchev–Trinajstić information content (AvgIpc) is 2.53. The maximum atomic E-state index is 11.6. The van der Waals surface area contributed by atoms with Crippen molar-refractivity contribution in [1.29, 1.82) is 0 Å². The van der Waals surface area contributed by atoms with E-state index in [9.17, 15) is 20.1 Å². The van der Waals surface area contributed by atoms with Gasteiger partial charge in [0, 0.05) is 0 Å². The molecule has 2 aliphatic rings. The first-order valence-electron chi connectivity index (χ1n) is 7.87. The monoisotopic (exact) mass is 318 g/mol. The van der Waals surface area contributed by atoms with Gasteiger partial charge < -0.3 is 24.5 Å². The van der Waals surface area contributed by atoms with Crippen LogP contribution in [0.5, 0.6) is 11.5 Å². The summed E-state index contributed by atoms with van der Waals surface area (Å²) in [5.41, 5.74) is -1.23. The molecule has 122 valence electrons. The zero-order chi connectivity index (χ0) is 16.2. The number of benzene rings is 1. The fourth-order valence-electron chi connectivity index (χ4n) is 3.85. The van der Waals surface area contributed by atoms with Crippen LogP contribution >= 0.6 is 0 Å². The topological polar surface area (TPSA) is 100 Å². The van der Waals surface area contributed by atoms with Gasteiger partial charge in [-0.25, -0.2) is 4.79 Å². The van der Waals surface area contributed by atoms with Crippen molar-refractivity contribution in [1.82, 2.24) is 0 Å². The Morgan fingerprint density at radius 3 is 2.61 bits per heavy atom. The third kappa shape index (κ3) is 2.05. The summed E-state index contributed by atoms with van der Waals surface area (Å²) in [4.78, 5) is 11.6. The average molecular weight is 318 g/mol. The van der Waals surface area contributed by atoms with Crippen LogP contribution in [0, 0.1) is 0 Å². The normalized spacial score (nSPS) is 26.0. The van der Waals surface area contributed by atoms with Crippen LogP contribution in [0.4, 0.5) is 0 Å². The molecule has 1 saturated carbocycles. The van der Waals surface area contributed by atoms with Crippen LogP contribution in [-0.2, 0) is 0 Å². The molecular formula is C17H18O6. The van der Waals surface area contributed by atoms with Gasteiger partial charge in [0.2, 0.25) is 0 Å². The van der Waals surface area contributed by atoms with Gasteiger partial charge in [-0.1, -0.05) is 6.42 Å². The van der Waals surface area contributed by atoms with E-state index in [1.165, 1.54) is 0 Å². The van der Waals surface area contributed by atoms with E-state index >= 15 is 0 Å². The number of ether oxygens (including phenoxy) is 1. The van der Waals surface area contributed by atoms with Gasteiger partial charge in [0.1, 0.15) is 29.3 Å². The lowest BCUT2D eigenvalue weighted by Gasteiger charge is -2.46. The van der Waals surface area contributed by atoms with E-state index in [0.29, 0.717) is 24.0 Å². The SMILES string of the molecule is O=c1cc(O)c2ccc3c(c2o1)[C@@H](O)[C@@H](O)C1(CCCCC1)O3. The summed E-state index contributed by atoms with van der Waals surface area (Å²) in [7, 11) is 0. The predicted octanol–water partition coefficient (Wildman–Crippen LogP) is 1.99. The summed E-state index contributed by atoms with van der Waals surface area (Å²) in [5.74, 6) is 0.171. The molecule has 23 heavy (non-hydrogen) atoms. The molecule has 1 fully saturated rings. The zero-order valence-corrected chi connectivity index (χ0v) is 12.5. The van der Waals surface area contributed by atoms with Crippen molar-refractivity contribution in [3.05, 3.63) is 34.2 Å². The number of hydrogen-bond donors (Lipinski definition) is 3. The first-order chi connectivity index (χ1) is 11.0. The molecule has 0 radical (unpaired) electrons. The van der Waals surface area contributed by atoms with E-state index in [0.717, 1.165) is 25.3 Å². The maximum Gasteiger partial charge on any atom is 0.339 e. The lowest BCUT2D eigenvalue weighted by Crippen LogP contribution is -2.54. The highest BCUT2D eigenvalue weighted by Crippen LogP contribution is 2.48. The third-order valence-corrected chi connectivity index (χ3v) is 5.04. The van der Waals surface area contributed by atoms with Crippen LogP contribution in [0.2, 0.25) is 0 Å². The van der Waals surface area contributed by atoms with E-state index in [1.54, 1.807) is 12.1 Å². The molecule has 2 heterocycles. The Morgan fingerprint density at radius 2 is 1.87 bits per heavy atom. The molecule has 4 rings (SSSR count). The Labute approximate surface area is 131 Å². The highest BCUT2D eigenvalue weighted by molar-refractivity contribution is 5.87. The molecule has 1 aromatic heterocycles. The summed E-state index contributed by atoms with van der Waals surface area (Å²) >= 11 is 0. The van der Waals surface area contributed by atoms with Gasteiger partial charge in [0.15, 0.2) is 5.58 Å². The molecule has 0 amide bonds. The molecule has 2 aromatic rings. The minimum Gasteiger partial charge on any atom is -0.507 e. The van der Waals surface area contributed by atoms with Crippen molar-refractivity contribution in [2.45, 2.75) is 49.9 Å². The molecular weight excluding hydrogens is 300 g/mol. The van der Waals surface area contributed by atoms with E-state index in [4.69, 9.17) is 9.15 Å². The van der Waals surface area contributed by atoms with Crippen LogP contribution < -0.4 is 10.4 Å². The largest absolute Gasteiger partial charge is 0.507 e.